The number of benzene rings is 1. The van der Waals surface area contributed by atoms with Gasteiger partial charge in [0.1, 0.15) is 18.4 Å². The molecule has 1 aromatic heterocycles. The number of nitrogens with zero attached hydrogens (tertiary/aromatic N) is 3. The summed E-state index contributed by atoms with van der Waals surface area (Å²) in [5, 5.41) is 4.94. The lowest BCUT2D eigenvalue weighted by Gasteiger charge is -2.32. The molecule has 5 nitrogen and oxygen atoms in total. The van der Waals surface area contributed by atoms with Crippen LogP contribution in [0.1, 0.15) is 25.0 Å². The highest BCUT2D eigenvalue weighted by atomic mass is 19.1. The molecule has 0 saturated carbocycles. The Morgan fingerprint density at radius 2 is 2.04 bits per heavy atom. The zero-order valence-electron chi connectivity index (χ0n) is 14.5. The van der Waals surface area contributed by atoms with Gasteiger partial charge in [-0.15, -0.1) is 0 Å². The first-order chi connectivity index (χ1) is 12.2. The van der Waals surface area contributed by atoms with E-state index in [-0.39, 0.29) is 5.82 Å². The third-order valence-corrected chi connectivity index (χ3v) is 5.10. The highest BCUT2D eigenvalue weighted by Gasteiger charge is 2.21. The van der Waals surface area contributed by atoms with Crippen LogP contribution in [-0.4, -0.2) is 42.3 Å². The van der Waals surface area contributed by atoms with Crippen molar-refractivity contribution in [3.8, 4) is 0 Å². The van der Waals surface area contributed by atoms with Gasteiger partial charge in [0.15, 0.2) is 0 Å². The Bertz CT molecular complexity index is 799. The van der Waals surface area contributed by atoms with Crippen molar-refractivity contribution in [3.05, 3.63) is 35.8 Å². The SMILES string of the molecule is Cc1nc(NC2=NCCC3CCN(CC3)CO2)cc2cc(F)ccc12. The third kappa shape index (κ3) is 3.74. The molecule has 0 amide bonds. The molecular formula is C19H23FN4O. The minimum absolute atomic E-state index is 0.250. The zero-order chi connectivity index (χ0) is 17.2. The average Bonchev–Trinajstić information content (AvgIpc) is 2.61. The number of fused-ring (bicyclic) bond motifs is 7. The van der Waals surface area contributed by atoms with Gasteiger partial charge in [-0.05, 0) is 61.8 Å². The van der Waals surface area contributed by atoms with Crippen LogP contribution in [0.25, 0.3) is 10.8 Å². The summed E-state index contributed by atoms with van der Waals surface area (Å²) >= 11 is 0. The summed E-state index contributed by atoms with van der Waals surface area (Å²) in [5.41, 5.74) is 0.850. The Balaban J connectivity index is 1.56. The van der Waals surface area contributed by atoms with Crippen molar-refractivity contribution in [2.24, 2.45) is 10.9 Å². The molecule has 0 radical (unpaired) electrons. The van der Waals surface area contributed by atoms with Crippen molar-refractivity contribution in [1.82, 2.24) is 9.88 Å². The quantitative estimate of drug-likeness (QED) is 0.861. The topological polar surface area (TPSA) is 49.8 Å². The number of aliphatic imine (C=N–C) groups is 1. The molecule has 5 rings (SSSR count). The number of piperidine rings is 1. The molecule has 3 aliphatic heterocycles. The van der Waals surface area contributed by atoms with Gasteiger partial charge in [-0.25, -0.2) is 14.4 Å². The summed E-state index contributed by atoms with van der Waals surface area (Å²) < 4.78 is 19.4. The first kappa shape index (κ1) is 16.3. The molecule has 1 fully saturated rings. The number of aromatic nitrogens is 1. The summed E-state index contributed by atoms with van der Waals surface area (Å²) in [5.74, 6) is 1.15. The molecule has 0 spiro atoms. The van der Waals surface area contributed by atoms with Gasteiger partial charge in [0.25, 0.3) is 6.02 Å². The van der Waals surface area contributed by atoms with E-state index in [1.54, 1.807) is 6.07 Å². The normalized spacial score (nSPS) is 23.8. The van der Waals surface area contributed by atoms with E-state index in [9.17, 15) is 4.39 Å². The lowest BCUT2D eigenvalue weighted by molar-refractivity contribution is 0.0761. The standard InChI is InChI=1S/C19H23FN4O/c1-13-17-3-2-16(20)10-15(17)11-18(22-13)23-19-21-7-4-14-5-8-24(9-6-14)12-25-19/h2-3,10-11,14H,4-9,12H2,1H3,(H,21,22,23). The summed E-state index contributed by atoms with van der Waals surface area (Å²) in [4.78, 5) is 11.4. The van der Waals surface area contributed by atoms with E-state index in [0.717, 1.165) is 48.4 Å². The van der Waals surface area contributed by atoms with Gasteiger partial charge in [-0.1, -0.05) is 0 Å². The van der Waals surface area contributed by atoms with Crippen LogP contribution >= 0.6 is 0 Å². The third-order valence-electron chi connectivity index (χ3n) is 5.10. The van der Waals surface area contributed by atoms with E-state index in [0.29, 0.717) is 18.6 Å². The van der Waals surface area contributed by atoms with Gasteiger partial charge in [0.05, 0.1) is 0 Å². The summed E-state index contributed by atoms with van der Waals surface area (Å²) in [7, 11) is 0. The van der Waals surface area contributed by atoms with Crippen molar-refractivity contribution in [3.63, 3.8) is 0 Å². The largest absolute Gasteiger partial charge is 0.449 e. The Hall–Kier alpha value is -2.21. The summed E-state index contributed by atoms with van der Waals surface area (Å²) in [6.07, 6.45) is 3.56. The van der Waals surface area contributed by atoms with E-state index < -0.39 is 0 Å². The molecule has 0 aliphatic carbocycles. The number of halogens is 1. The lowest BCUT2D eigenvalue weighted by Crippen LogP contribution is -2.38. The molecule has 1 N–H and O–H groups in total. The molecule has 3 aliphatic rings. The Kier molecular flexibility index (Phi) is 4.53. The lowest BCUT2D eigenvalue weighted by atomic mass is 9.94. The van der Waals surface area contributed by atoms with Crippen LogP contribution in [0.5, 0.6) is 0 Å². The number of anilines is 1. The Morgan fingerprint density at radius 3 is 2.88 bits per heavy atom. The van der Waals surface area contributed by atoms with Crippen LogP contribution in [0.3, 0.4) is 0 Å². The molecule has 6 heteroatoms. The zero-order valence-corrected chi connectivity index (χ0v) is 14.5. The van der Waals surface area contributed by atoms with E-state index >= 15 is 0 Å². The van der Waals surface area contributed by atoms with Gasteiger partial charge in [0, 0.05) is 30.7 Å². The highest BCUT2D eigenvalue weighted by Crippen LogP contribution is 2.23. The molecule has 1 aromatic carbocycles. The number of amidine groups is 1. The second-order valence-electron chi connectivity index (χ2n) is 6.89. The number of rotatable bonds is 1. The molecule has 0 unspecified atom stereocenters. The number of ether oxygens (including phenoxy) is 1. The van der Waals surface area contributed by atoms with Gasteiger partial charge < -0.3 is 4.74 Å². The van der Waals surface area contributed by atoms with Crippen molar-refractivity contribution in [2.75, 3.05) is 31.7 Å². The van der Waals surface area contributed by atoms with E-state index in [2.05, 4.69) is 20.2 Å². The first-order valence-electron chi connectivity index (χ1n) is 8.91. The minimum atomic E-state index is -0.250. The number of hydrogen-bond acceptors (Lipinski definition) is 5. The maximum atomic E-state index is 13.5. The van der Waals surface area contributed by atoms with Gasteiger partial charge in [0.2, 0.25) is 0 Å². The number of aryl methyl sites for hydroxylation is 1. The van der Waals surface area contributed by atoms with Crippen molar-refractivity contribution in [2.45, 2.75) is 26.2 Å². The molecule has 132 valence electrons. The molecule has 4 heterocycles. The number of nitrogens with one attached hydrogen (secondary N) is 1. The highest BCUT2D eigenvalue weighted by molar-refractivity contribution is 5.92. The smallest absolute Gasteiger partial charge is 0.291 e. The second-order valence-corrected chi connectivity index (χ2v) is 6.89. The summed E-state index contributed by atoms with van der Waals surface area (Å²) in [6.45, 7) is 5.40. The van der Waals surface area contributed by atoms with E-state index in [1.165, 1.54) is 25.0 Å². The average molecular weight is 342 g/mol. The van der Waals surface area contributed by atoms with E-state index in [1.807, 2.05) is 13.0 Å². The minimum Gasteiger partial charge on any atom is -0.449 e. The fourth-order valence-corrected chi connectivity index (χ4v) is 3.60. The summed E-state index contributed by atoms with van der Waals surface area (Å²) in [6, 6.07) is 7.08. The molecule has 2 aromatic rings. The fraction of sp³-hybridized carbons (Fsp3) is 0.474. The van der Waals surface area contributed by atoms with Crippen LogP contribution in [0.15, 0.2) is 29.3 Å². The molecule has 1 saturated heterocycles. The molecular weight excluding hydrogens is 319 g/mol. The van der Waals surface area contributed by atoms with Crippen molar-refractivity contribution in [1.29, 1.82) is 0 Å². The van der Waals surface area contributed by atoms with Gasteiger partial charge in [-0.3, -0.25) is 10.2 Å². The van der Waals surface area contributed by atoms with Crippen molar-refractivity contribution >= 4 is 22.6 Å². The number of pyridine rings is 1. The Labute approximate surface area is 146 Å². The molecule has 0 atom stereocenters. The van der Waals surface area contributed by atoms with Crippen LogP contribution in [0.4, 0.5) is 10.2 Å². The maximum Gasteiger partial charge on any atom is 0.291 e. The Morgan fingerprint density at radius 1 is 1.20 bits per heavy atom. The van der Waals surface area contributed by atoms with Crippen molar-refractivity contribution < 1.29 is 9.13 Å². The van der Waals surface area contributed by atoms with Gasteiger partial charge in [-0.2, -0.15) is 0 Å². The fourth-order valence-electron chi connectivity index (χ4n) is 3.60. The van der Waals surface area contributed by atoms with Crippen LogP contribution in [-0.2, 0) is 4.74 Å². The monoisotopic (exact) mass is 342 g/mol. The van der Waals surface area contributed by atoms with Crippen LogP contribution < -0.4 is 5.32 Å². The maximum absolute atomic E-state index is 13.5. The predicted octanol–water partition coefficient (Wildman–Crippen LogP) is 3.54. The predicted molar refractivity (Wildman–Crippen MR) is 97.2 cm³/mol. The second kappa shape index (κ2) is 6.96. The first-order valence-corrected chi connectivity index (χ1v) is 8.91. The molecule has 2 bridgehead atoms. The number of hydrogen-bond donors (Lipinski definition) is 1. The van der Waals surface area contributed by atoms with Crippen LogP contribution in [0.2, 0.25) is 0 Å². The van der Waals surface area contributed by atoms with Crippen LogP contribution in [0, 0.1) is 18.7 Å². The van der Waals surface area contributed by atoms with E-state index in [4.69, 9.17) is 4.74 Å². The molecule has 25 heavy (non-hydrogen) atoms. The van der Waals surface area contributed by atoms with Gasteiger partial charge >= 0.3 is 0 Å².